The fraction of sp³-hybridized carbons (Fsp3) is 0.364. The summed E-state index contributed by atoms with van der Waals surface area (Å²) in [5.74, 6) is 0. The largest absolute Gasteiger partial charge is 0.296 e. The summed E-state index contributed by atoms with van der Waals surface area (Å²) < 4.78 is 1.66. The van der Waals surface area contributed by atoms with E-state index >= 15 is 0 Å². The summed E-state index contributed by atoms with van der Waals surface area (Å²) >= 11 is 0. The Bertz CT molecular complexity index is 533. The van der Waals surface area contributed by atoms with Crippen LogP contribution in [0.5, 0.6) is 0 Å². The van der Waals surface area contributed by atoms with Crippen LogP contribution in [0.4, 0.5) is 0 Å². The average molecular weight is 203 g/mol. The summed E-state index contributed by atoms with van der Waals surface area (Å²) in [7, 11) is 0. The van der Waals surface area contributed by atoms with E-state index in [2.05, 4.69) is 9.97 Å². The number of aromatic nitrogens is 3. The molecule has 0 radical (unpaired) electrons. The van der Waals surface area contributed by atoms with E-state index in [4.69, 9.17) is 0 Å². The normalized spacial score (nSPS) is 12.9. The van der Waals surface area contributed by atoms with E-state index in [1.54, 1.807) is 29.4 Å². The Hall–Kier alpha value is -1.71. The molecule has 2 aromatic heterocycles. The number of pyridine rings is 1. The van der Waals surface area contributed by atoms with Gasteiger partial charge in [0.25, 0.3) is 5.56 Å². The van der Waals surface area contributed by atoms with Gasteiger partial charge in [-0.25, -0.2) is 4.98 Å². The molecule has 0 aliphatic rings. The maximum absolute atomic E-state index is 12.0. The number of fused-ring (bicyclic) bond motifs is 1. The van der Waals surface area contributed by atoms with Crippen LogP contribution in [0.15, 0.2) is 29.6 Å². The highest BCUT2D eigenvalue weighted by molar-refractivity contribution is 5.75. The van der Waals surface area contributed by atoms with Gasteiger partial charge in [0.05, 0.1) is 17.2 Å². The van der Waals surface area contributed by atoms with Crippen molar-refractivity contribution >= 4 is 10.9 Å². The molecule has 0 bridgehead atoms. The first-order valence-corrected chi connectivity index (χ1v) is 5.05. The lowest BCUT2D eigenvalue weighted by molar-refractivity contribution is 0.510. The van der Waals surface area contributed by atoms with E-state index in [-0.39, 0.29) is 11.6 Å². The molecule has 2 heterocycles. The molecule has 15 heavy (non-hydrogen) atoms. The predicted molar refractivity (Wildman–Crippen MR) is 58.8 cm³/mol. The molecule has 0 fully saturated rings. The second-order valence-electron chi connectivity index (χ2n) is 3.61. The third kappa shape index (κ3) is 1.63. The highest BCUT2D eigenvalue weighted by atomic mass is 16.1. The van der Waals surface area contributed by atoms with E-state index in [0.717, 1.165) is 6.42 Å². The van der Waals surface area contributed by atoms with Crippen LogP contribution in [-0.4, -0.2) is 14.5 Å². The molecular formula is C11H13N3O. The van der Waals surface area contributed by atoms with Crippen molar-refractivity contribution in [2.75, 3.05) is 0 Å². The van der Waals surface area contributed by atoms with Crippen molar-refractivity contribution in [3.63, 3.8) is 0 Å². The van der Waals surface area contributed by atoms with Crippen molar-refractivity contribution < 1.29 is 0 Å². The minimum absolute atomic E-state index is 0.0116. The van der Waals surface area contributed by atoms with Crippen molar-refractivity contribution in [1.82, 2.24) is 14.5 Å². The van der Waals surface area contributed by atoms with Crippen LogP contribution < -0.4 is 5.56 Å². The summed E-state index contributed by atoms with van der Waals surface area (Å²) in [6.07, 6.45) is 5.73. The molecule has 0 aliphatic carbocycles. The fourth-order valence-corrected chi connectivity index (χ4v) is 1.49. The van der Waals surface area contributed by atoms with E-state index in [9.17, 15) is 4.79 Å². The highest BCUT2D eigenvalue weighted by Gasteiger charge is 2.07. The van der Waals surface area contributed by atoms with Gasteiger partial charge in [0.2, 0.25) is 0 Å². The van der Waals surface area contributed by atoms with Crippen molar-refractivity contribution in [1.29, 1.82) is 0 Å². The molecule has 0 aromatic carbocycles. The average Bonchev–Trinajstić information content (AvgIpc) is 2.29. The number of rotatable bonds is 2. The van der Waals surface area contributed by atoms with Gasteiger partial charge < -0.3 is 0 Å². The van der Waals surface area contributed by atoms with Crippen molar-refractivity contribution in [3.8, 4) is 0 Å². The Kier molecular flexibility index (Phi) is 2.49. The van der Waals surface area contributed by atoms with Crippen molar-refractivity contribution in [2.45, 2.75) is 26.3 Å². The highest BCUT2D eigenvalue weighted by Crippen LogP contribution is 2.09. The minimum Gasteiger partial charge on any atom is -0.296 e. The molecule has 0 N–H and O–H groups in total. The molecule has 0 saturated heterocycles. The molecule has 0 saturated carbocycles. The monoisotopic (exact) mass is 203 g/mol. The van der Waals surface area contributed by atoms with E-state index < -0.39 is 0 Å². The third-order valence-electron chi connectivity index (χ3n) is 2.65. The molecule has 4 heteroatoms. The predicted octanol–water partition coefficient (Wildman–Crippen LogP) is 1.76. The molecule has 2 aromatic rings. The first-order chi connectivity index (χ1) is 7.24. The summed E-state index contributed by atoms with van der Waals surface area (Å²) in [6, 6.07) is 1.92. The Labute approximate surface area is 87.6 Å². The topological polar surface area (TPSA) is 47.8 Å². The lowest BCUT2D eigenvalue weighted by Gasteiger charge is -2.12. The van der Waals surface area contributed by atoms with Gasteiger partial charge in [0, 0.05) is 18.4 Å². The first kappa shape index (κ1) is 9.83. The summed E-state index contributed by atoms with van der Waals surface area (Å²) in [4.78, 5) is 20.2. The molecular weight excluding hydrogens is 190 g/mol. The van der Waals surface area contributed by atoms with Crippen LogP contribution in [-0.2, 0) is 0 Å². The zero-order valence-electron chi connectivity index (χ0n) is 8.84. The molecule has 4 nitrogen and oxygen atoms in total. The van der Waals surface area contributed by atoms with Crippen molar-refractivity contribution in [2.24, 2.45) is 0 Å². The third-order valence-corrected chi connectivity index (χ3v) is 2.65. The summed E-state index contributed by atoms with van der Waals surface area (Å²) in [5.41, 5.74) is 0.692. The Morgan fingerprint density at radius 2 is 2.33 bits per heavy atom. The maximum atomic E-state index is 12.0. The summed E-state index contributed by atoms with van der Waals surface area (Å²) in [5, 5.41) is 0.584. The van der Waals surface area contributed by atoms with Gasteiger partial charge in [-0.3, -0.25) is 14.3 Å². The van der Waals surface area contributed by atoms with Crippen LogP contribution >= 0.6 is 0 Å². The first-order valence-electron chi connectivity index (χ1n) is 5.05. The molecule has 0 amide bonds. The minimum atomic E-state index is -0.0116. The second-order valence-corrected chi connectivity index (χ2v) is 3.61. The van der Waals surface area contributed by atoms with Crippen LogP contribution in [0.1, 0.15) is 26.3 Å². The smallest absolute Gasteiger partial charge is 0.262 e. The standard InChI is InChI=1S/C11H13N3O/c1-3-8(2)14-7-13-10-4-5-12-6-9(10)11(14)15/h4-8H,3H2,1-2H3/t8-/m1/s1. The van der Waals surface area contributed by atoms with Gasteiger partial charge in [-0.05, 0) is 19.4 Å². The molecule has 0 spiro atoms. The van der Waals surface area contributed by atoms with Gasteiger partial charge in [0.1, 0.15) is 0 Å². The van der Waals surface area contributed by atoms with E-state index in [0.29, 0.717) is 10.9 Å². The zero-order valence-corrected chi connectivity index (χ0v) is 8.84. The van der Waals surface area contributed by atoms with E-state index in [1.807, 2.05) is 13.8 Å². The molecule has 0 aliphatic heterocycles. The molecule has 78 valence electrons. The SMILES string of the molecule is CC[C@@H](C)n1cnc2ccncc2c1=O. The van der Waals surface area contributed by atoms with Gasteiger partial charge in [-0.1, -0.05) is 6.92 Å². The fourth-order valence-electron chi connectivity index (χ4n) is 1.49. The lowest BCUT2D eigenvalue weighted by Crippen LogP contribution is -2.23. The lowest BCUT2D eigenvalue weighted by atomic mass is 10.2. The molecule has 0 unspecified atom stereocenters. The van der Waals surface area contributed by atoms with E-state index in [1.165, 1.54) is 0 Å². The number of nitrogens with zero attached hydrogens (tertiary/aromatic N) is 3. The quantitative estimate of drug-likeness (QED) is 0.747. The van der Waals surface area contributed by atoms with Gasteiger partial charge >= 0.3 is 0 Å². The Balaban J connectivity index is 2.71. The van der Waals surface area contributed by atoms with Gasteiger partial charge in [-0.2, -0.15) is 0 Å². The Morgan fingerprint density at radius 1 is 1.53 bits per heavy atom. The number of hydrogen-bond donors (Lipinski definition) is 0. The van der Waals surface area contributed by atoms with Gasteiger partial charge in [-0.15, -0.1) is 0 Å². The zero-order chi connectivity index (χ0) is 10.8. The second kappa shape index (κ2) is 3.81. The van der Waals surface area contributed by atoms with Crippen LogP contribution in [0.3, 0.4) is 0 Å². The molecule has 2 rings (SSSR count). The summed E-state index contributed by atoms with van der Waals surface area (Å²) in [6.45, 7) is 4.05. The van der Waals surface area contributed by atoms with Crippen LogP contribution in [0, 0.1) is 0 Å². The number of hydrogen-bond acceptors (Lipinski definition) is 3. The Morgan fingerprint density at radius 3 is 3.07 bits per heavy atom. The van der Waals surface area contributed by atoms with Crippen LogP contribution in [0.25, 0.3) is 10.9 Å². The van der Waals surface area contributed by atoms with Crippen LogP contribution in [0.2, 0.25) is 0 Å². The van der Waals surface area contributed by atoms with Gasteiger partial charge in [0.15, 0.2) is 0 Å². The van der Waals surface area contributed by atoms with Crippen molar-refractivity contribution in [3.05, 3.63) is 35.1 Å². The maximum Gasteiger partial charge on any atom is 0.262 e. The molecule has 1 atom stereocenters.